The lowest BCUT2D eigenvalue weighted by Crippen LogP contribution is -1.96. The van der Waals surface area contributed by atoms with E-state index in [1.165, 1.54) is 11.3 Å². The van der Waals surface area contributed by atoms with Crippen molar-refractivity contribution in [1.82, 2.24) is 15.0 Å². The SMILES string of the molecule is COc1ccc(-c2cnc(Nc3nc(C)cs3)nc2)cc1. The van der Waals surface area contributed by atoms with Crippen molar-refractivity contribution >= 4 is 22.4 Å². The van der Waals surface area contributed by atoms with Crippen LogP contribution in [0.25, 0.3) is 11.1 Å². The van der Waals surface area contributed by atoms with Gasteiger partial charge in [-0.3, -0.25) is 0 Å². The highest BCUT2D eigenvalue weighted by molar-refractivity contribution is 7.13. The first-order valence-electron chi connectivity index (χ1n) is 6.40. The molecule has 6 heteroatoms. The highest BCUT2D eigenvalue weighted by Crippen LogP contribution is 2.22. The zero-order valence-corrected chi connectivity index (χ0v) is 12.5. The minimum atomic E-state index is 0.543. The van der Waals surface area contributed by atoms with Gasteiger partial charge in [-0.2, -0.15) is 0 Å². The molecule has 0 atom stereocenters. The predicted octanol–water partition coefficient (Wildman–Crippen LogP) is 3.66. The van der Waals surface area contributed by atoms with Gasteiger partial charge in [-0.05, 0) is 24.6 Å². The third-order valence-corrected chi connectivity index (χ3v) is 3.79. The Bertz CT molecular complexity index is 722. The van der Waals surface area contributed by atoms with Crippen molar-refractivity contribution in [2.75, 3.05) is 12.4 Å². The Morgan fingerprint density at radius 1 is 1.05 bits per heavy atom. The quantitative estimate of drug-likeness (QED) is 0.796. The molecule has 5 nitrogen and oxygen atoms in total. The number of benzene rings is 1. The number of nitrogens with one attached hydrogen (secondary N) is 1. The second kappa shape index (κ2) is 5.88. The lowest BCUT2D eigenvalue weighted by atomic mass is 10.1. The van der Waals surface area contributed by atoms with E-state index in [0.717, 1.165) is 27.7 Å². The van der Waals surface area contributed by atoms with Gasteiger partial charge in [0.1, 0.15) is 5.75 Å². The molecule has 0 bridgehead atoms. The van der Waals surface area contributed by atoms with Crippen LogP contribution in [0.1, 0.15) is 5.69 Å². The Kier molecular flexibility index (Phi) is 3.79. The van der Waals surface area contributed by atoms with Crippen LogP contribution in [0.4, 0.5) is 11.1 Å². The van der Waals surface area contributed by atoms with Crippen LogP contribution in [-0.2, 0) is 0 Å². The predicted molar refractivity (Wildman–Crippen MR) is 84.2 cm³/mol. The summed E-state index contributed by atoms with van der Waals surface area (Å²) in [5.74, 6) is 1.37. The number of thiazole rings is 1. The number of ether oxygens (including phenoxy) is 1. The van der Waals surface area contributed by atoms with Crippen LogP contribution in [0.2, 0.25) is 0 Å². The summed E-state index contributed by atoms with van der Waals surface area (Å²) < 4.78 is 5.15. The lowest BCUT2D eigenvalue weighted by Gasteiger charge is -2.04. The maximum Gasteiger partial charge on any atom is 0.228 e. The normalized spacial score (nSPS) is 10.4. The van der Waals surface area contributed by atoms with E-state index in [2.05, 4.69) is 20.3 Å². The minimum absolute atomic E-state index is 0.543. The molecule has 0 spiro atoms. The number of hydrogen-bond acceptors (Lipinski definition) is 6. The average Bonchev–Trinajstić information content (AvgIpc) is 2.93. The first-order valence-corrected chi connectivity index (χ1v) is 7.28. The van der Waals surface area contributed by atoms with Crippen molar-refractivity contribution in [2.45, 2.75) is 6.92 Å². The van der Waals surface area contributed by atoms with Gasteiger partial charge >= 0.3 is 0 Å². The fraction of sp³-hybridized carbons (Fsp3) is 0.133. The molecule has 106 valence electrons. The fourth-order valence-corrected chi connectivity index (χ4v) is 2.51. The maximum atomic E-state index is 5.15. The smallest absolute Gasteiger partial charge is 0.228 e. The topological polar surface area (TPSA) is 59.9 Å². The van der Waals surface area contributed by atoms with Crippen LogP contribution in [-0.4, -0.2) is 22.1 Å². The summed E-state index contributed by atoms with van der Waals surface area (Å²) in [6.45, 7) is 1.95. The van der Waals surface area contributed by atoms with E-state index in [0.29, 0.717) is 5.95 Å². The third kappa shape index (κ3) is 3.17. The van der Waals surface area contributed by atoms with Crippen LogP contribution >= 0.6 is 11.3 Å². The molecule has 3 rings (SSSR count). The number of rotatable bonds is 4. The monoisotopic (exact) mass is 298 g/mol. The summed E-state index contributed by atoms with van der Waals surface area (Å²) in [7, 11) is 1.65. The maximum absolute atomic E-state index is 5.15. The first-order chi connectivity index (χ1) is 10.2. The second-order valence-electron chi connectivity index (χ2n) is 4.44. The number of aryl methyl sites for hydroxylation is 1. The van der Waals surface area contributed by atoms with Crippen LogP contribution in [0, 0.1) is 6.92 Å². The second-order valence-corrected chi connectivity index (χ2v) is 5.30. The molecule has 1 aromatic carbocycles. The van der Waals surface area contributed by atoms with Gasteiger partial charge in [-0.25, -0.2) is 15.0 Å². The summed E-state index contributed by atoms with van der Waals surface area (Å²) in [6.07, 6.45) is 3.58. The third-order valence-electron chi connectivity index (χ3n) is 2.91. The molecule has 0 fully saturated rings. The number of methoxy groups -OCH3 is 1. The molecule has 0 aliphatic rings. The Balaban J connectivity index is 1.76. The van der Waals surface area contributed by atoms with Crippen LogP contribution in [0.3, 0.4) is 0 Å². The number of hydrogen-bond donors (Lipinski definition) is 1. The van der Waals surface area contributed by atoms with Gasteiger partial charge in [0.25, 0.3) is 0 Å². The van der Waals surface area contributed by atoms with Crippen molar-refractivity contribution < 1.29 is 4.74 Å². The molecule has 0 saturated carbocycles. The number of anilines is 2. The molecule has 0 aliphatic carbocycles. The zero-order chi connectivity index (χ0) is 14.7. The lowest BCUT2D eigenvalue weighted by molar-refractivity contribution is 0.415. The first kappa shape index (κ1) is 13.5. The summed E-state index contributed by atoms with van der Waals surface area (Å²) >= 11 is 1.53. The summed E-state index contributed by atoms with van der Waals surface area (Å²) in [5, 5.41) is 5.86. The van der Waals surface area contributed by atoms with E-state index < -0.39 is 0 Å². The Morgan fingerprint density at radius 2 is 1.76 bits per heavy atom. The molecule has 2 aromatic heterocycles. The van der Waals surface area contributed by atoms with Crippen molar-refractivity contribution in [3.63, 3.8) is 0 Å². The Morgan fingerprint density at radius 3 is 2.33 bits per heavy atom. The average molecular weight is 298 g/mol. The molecule has 21 heavy (non-hydrogen) atoms. The zero-order valence-electron chi connectivity index (χ0n) is 11.7. The summed E-state index contributed by atoms with van der Waals surface area (Å²) in [4.78, 5) is 12.9. The van der Waals surface area contributed by atoms with Crippen molar-refractivity contribution in [3.8, 4) is 16.9 Å². The summed E-state index contributed by atoms with van der Waals surface area (Å²) in [5.41, 5.74) is 2.99. The molecule has 0 saturated heterocycles. The van der Waals surface area contributed by atoms with Crippen molar-refractivity contribution in [3.05, 3.63) is 47.7 Å². The van der Waals surface area contributed by atoms with Crippen LogP contribution < -0.4 is 10.1 Å². The molecule has 3 aromatic rings. The largest absolute Gasteiger partial charge is 0.497 e. The van der Waals surface area contributed by atoms with Crippen LogP contribution in [0.15, 0.2) is 42.0 Å². The highest BCUT2D eigenvalue weighted by Gasteiger charge is 2.03. The van der Waals surface area contributed by atoms with Gasteiger partial charge in [0.05, 0.1) is 12.8 Å². The van der Waals surface area contributed by atoms with Crippen LogP contribution in [0.5, 0.6) is 5.75 Å². The standard InChI is InChI=1S/C15H14N4OS/c1-10-9-21-15(18-10)19-14-16-7-12(8-17-14)11-3-5-13(20-2)6-4-11/h3-9H,1-2H3,(H,16,17,18,19). The molecular formula is C15H14N4OS. The van der Waals surface area contributed by atoms with E-state index in [4.69, 9.17) is 4.74 Å². The van der Waals surface area contributed by atoms with E-state index in [1.807, 2.05) is 36.6 Å². The van der Waals surface area contributed by atoms with E-state index in [-0.39, 0.29) is 0 Å². The number of aromatic nitrogens is 3. The molecule has 0 amide bonds. The van der Waals surface area contributed by atoms with Gasteiger partial charge < -0.3 is 10.1 Å². The minimum Gasteiger partial charge on any atom is -0.497 e. The molecule has 2 heterocycles. The van der Waals surface area contributed by atoms with Gasteiger partial charge in [-0.1, -0.05) is 12.1 Å². The van der Waals surface area contributed by atoms with Gasteiger partial charge in [-0.15, -0.1) is 11.3 Å². The number of nitrogens with zero attached hydrogens (tertiary/aromatic N) is 3. The molecule has 0 aliphatic heterocycles. The van der Waals surface area contributed by atoms with Gasteiger partial charge in [0.15, 0.2) is 5.13 Å². The van der Waals surface area contributed by atoms with Crippen molar-refractivity contribution in [1.29, 1.82) is 0 Å². The summed E-state index contributed by atoms with van der Waals surface area (Å²) in [6, 6.07) is 7.79. The van der Waals surface area contributed by atoms with Gasteiger partial charge in [0.2, 0.25) is 5.95 Å². The van der Waals surface area contributed by atoms with Crippen molar-refractivity contribution in [2.24, 2.45) is 0 Å². The Hall–Kier alpha value is -2.47. The molecular weight excluding hydrogens is 284 g/mol. The van der Waals surface area contributed by atoms with E-state index >= 15 is 0 Å². The molecule has 0 radical (unpaired) electrons. The Labute approximate surface area is 126 Å². The fourth-order valence-electron chi connectivity index (χ4n) is 1.83. The van der Waals surface area contributed by atoms with Gasteiger partial charge in [0, 0.05) is 23.3 Å². The van der Waals surface area contributed by atoms with E-state index in [1.54, 1.807) is 19.5 Å². The molecule has 0 unspecified atom stereocenters. The highest BCUT2D eigenvalue weighted by atomic mass is 32.1. The van der Waals surface area contributed by atoms with E-state index in [9.17, 15) is 0 Å². The molecule has 1 N–H and O–H groups in total.